The molecule has 9 nitrogen and oxygen atoms in total. The van der Waals surface area contributed by atoms with Gasteiger partial charge in [0.15, 0.2) is 6.29 Å². The molecule has 0 radical (unpaired) electrons. The number of hydrogen-bond donors (Lipinski definition) is 6. The standard InChI is InChI=1S/C61H117NO8/c1-3-5-7-9-11-13-15-17-19-21-23-25-27-29-31-33-35-37-39-41-43-45-47-49-51-57(65)62-54(53-69-61-60(68)59(67)58(66)56(52-63)70-61)55(64)50-48-46-44-42-40-38-36-34-32-30-28-26-24-22-20-18-16-14-12-10-8-6-4-2/h29,31,48,50,54-56,58-61,63-64,66-68H,3-28,30,32-47,49,51-53H2,1-2H3,(H,62,65)/b31-29-,50-48+. The second kappa shape index (κ2) is 51.2. The van der Waals surface area contributed by atoms with Crippen LogP contribution in [0.25, 0.3) is 0 Å². The first-order valence-corrected chi connectivity index (χ1v) is 30.6. The van der Waals surface area contributed by atoms with Crippen LogP contribution in [-0.2, 0) is 14.3 Å². The molecule has 0 aromatic carbocycles. The van der Waals surface area contributed by atoms with E-state index in [1.807, 2.05) is 6.08 Å². The van der Waals surface area contributed by atoms with Crippen molar-refractivity contribution in [3.05, 3.63) is 24.3 Å². The first-order valence-electron chi connectivity index (χ1n) is 30.6. The summed E-state index contributed by atoms with van der Waals surface area (Å²) in [6.07, 6.45) is 58.2. The van der Waals surface area contributed by atoms with Gasteiger partial charge in [-0.05, 0) is 44.9 Å². The molecule has 1 aliphatic heterocycles. The smallest absolute Gasteiger partial charge is 0.220 e. The Morgan fingerprint density at radius 1 is 0.471 bits per heavy atom. The van der Waals surface area contributed by atoms with Crippen molar-refractivity contribution in [3.8, 4) is 0 Å². The SMILES string of the molecule is CCCCCCCCCCCCCC/C=C\CCCCCCCCCCC(=O)NC(COC1OC(CO)C(O)C(O)C1O)C(O)/C=C/CCCCCCCCCCCCCCCCCCCCCCC. The summed E-state index contributed by atoms with van der Waals surface area (Å²) in [6, 6.07) is -0.806. The zero-order valence-electron chi connectivity index (χ0n) is 46.0. The minimum atomic E-state index is -1.57. The Balaban J connectivity index is 2.21. The maximum Gasteiger partial charge on any atom is 0.220 e. The molecule has 0 aliphatic carbocycles. The molecule has 1 rings (SSSR count). The van der Waals surface area contributed by atoms with Crippen LogP contribution >= 0.6 is 0 Å². The molecule has 0 spiro atoms. The molecule has 1 aliphatic rings. The zero-order valence-corrected chi connectivity index (χ0v) is 46.0. The van der Waals surface area contributed by atoms with Crippen LogP contribution in [0.3, 0.4) is 0 Å². The first kappa shape index (κ1) is 66.7. The summed E-state index contributed by atoms with van der Waals surface area (Å²) in [6.45, 7) is 3.82. The molecule has 0 saturated carbocycles. The molecule has 7 unspecified atom stereocenters. The molecule has 9 heteroatoms. The number of rotatable bonds is 53. The molecule has 1 fully saturated rings. The second-order valence-corrected chi connectivity index (χ2v) is 21.5. The van der Waals surface area contributed by atoms with Gasteiger partial charge in [0, 0.05) is 6.42 Å². The lowest BCUT2D eigenvalue weighted by Crippen LogP contribution is -2.60. The molecule has 1 heterocycles. The van der Waals surface area contributed by atoms with E-state index in [-0.39, 0.29) is 12.5 Å². The third-order valence-corrected chi connectivity index (χ3v) is 14.8. The molecular formula is C61H117NO8. The number of nitrogens with one attached hydrogen (secondary N) is 1. The van der Waals surface area contributed by atoms with Gasteiger partial charge in [0.05, 0.1) is 25.4 Å². The van der Waals surface area contributed by atoms with Gasteiger partial charge in [-0.15, -0.1) is 0 Å². The average Bonchev–Trinajstić information content (AvgIpc) is 3.36. The molecule has 6 N–H and O–H groups in total. The number of ether oxygens (including phenoxy) is 2. The molecule has 0 bridgehead atoms. The quantitative estimate of drug-likeness (QED) is 0.0261. The highest BCUT2D eigenvalue weighted by molar-refractivity contribution is 5.76. The Hall–Kier alpha value is -1.33. The largest absolute Gasteiger partial charge is 0.394 e. The Kier molecular flexibility index (Phi) is 48.7. The van der Waals surface area contributed by atoms with Crippen molar-refractivity contribution in [2.24, 2.45) is 0 Å². The maximum absolute atomic E-state index is 13.1. The molecule has 1 amide bonds. The van der Waals surface area contributed by atoms with Crippen molar-refractivity contribution in [1.82, 2.24) is 5.32 Å². The van der Waals surface area contributed by atoms with E-state index in [0.717, 1.165) is 38.5 Å². The number of allylic oxidation sites excluding steroid dienone is 3. The van der Waals surface area contributed by atoms with Crippen LogP contribution < -0.4 is 5.32 Å². The number of amides is 1. The minimum absolute atomic E-state index is 0.175. The van der Waals surface area contributed by atoms with E-state index in [4.69, 9.17) is 9.47 Å². The summed E-state index contributed by atoms with van der Waals surface area (Å²) in [4.78, 5) is 13.1. The Labute approximate surface area is 432 Å². The van der Waals surface area contributed by atoms with Crippen molar-refractivity contribution in [1.29, 1.82) is 0 Å². The molecule has 0 aromatic rings. The van der Waals surface area contributed by atoms with Crippen molar-refractivity contribution in [2.75, 3.05) is 13.2 Å². The Morgan fingerprint density at radius 3 is 1.16 bits per heavy atom. The number of aliphatic hydroxyl groups is 5. The van der Waals surface area contributed by atoms with Gasteiger partial charge in [-0.25, -0.2) is 0 Å². The Morgan fingerprint density at radius 2 is 0.800 bits per heavy atom. The molecule has 1 saturated heterocycles. The van der Waals surface area contributed by atoms with Crippen molar-refractivity contribution < 1.29 is 39.8 Å². The monoisotopic (exact) mass is 992 g/mol. The van der Waals surface area contributed by atoms with Crippen LogP contribution in [0.1, 0.15) is 303 Å². The average molecular weight is 993 g/mol. The number of hydrogen-bond acceptors (Lipinski definition) is 8. The lowest BCUT2D eigenvalue weighted by molar-refractivity contribution is -0.302. The normalized spacial score (nSPS) is 19.4. The van der Waals surface area contributed by atoms with E-state index in [1.54, 1.807) is 6.08 Å². The highest BCUT2D eigenvalue weighted by Crippen LogP contribution is 2.23. The van der Waals surface area contributed by atoms with Crippen molar-refractivity contribution in [2.45, 2.75) is 346 Å². The van der Waals surface area contributed by atoms with Gasteiger partial charge < -0.3 is 40.3 Å². The van der Waals surface area contributed by atoms with Crippen LogP contribution in [0.2, 0.25) is 0 Å². The maximum atomic E-state index is 13.1. The minimum Gasteiger partial charge on any atom is -0.394 e. The van der Waals surface area contributed by atoms with Gasteiger partial charge in [0.1, 0.15) is 24.4 Å². The summed E-state index contributed by atoms with van der Waals surface area (Å²) in [5.41, 5.74) is 0. The van der Waals surface area contributed by atoms with Gasteiger partial charge in [-0.3, -0.25) is 4.79 Å². The van der Waals surface area contributed by atoms with Crippen LogP contribution in [0.4, 0.5) is 0 Å². The van der Waals surface area contributed by atoms with Crippen LogP contribution in [0.15, 0.2) is 24.3 Å². The van der Waals surface area contributed by atoms with E-state index < -0.39 is 49.5 Å². The van der Waals surface area contributed by atoms with E-state index in [0.29, 0.717) is 6.42 Å². The van der Waals surface area contributed by atoms with Crippen LogP contribution in [0, 0.1) is 0 Å². The van der Waals surface area contributed by atoms with Crippen LogP contribution in [0.5, 0.6) is 0 Å². The van der Waals surface area contributed by atoms with E-state index in [2.05, 4.69) is 31.3 Å². The molecular weight excluding hydrogens is 875 g/mol. The number of aliphatic hydroxyl groups excluding tert-OH is 5. The fourth-order valence-electron chi connectivity index (χ4n) is 9.92. The Bertz CT molecular complexity index is 1150. The van der Waals surface area contributed by atoms with Crippen molar-refractivity contribution in [3.63, 3.8) is 0 Å². The number of unbranched alkanes of at least 4 members (excludes halogenated alkanes) is 41. The van der Waals surface area contributed by atoms with Gasteiger partial charge in [-0.2, -0.15) is 0 Å². The van der Waals surface area contributed by atoms with Crippen LogP contribution in [-0.4, -0.2) is 87.5 Å². The summed E-state index contributed by atoms with van der Waals surface area (Å²) < 4.78 is 11.3. The highest BCUT2D eigenvalue weighted by Gasteiger charge is 2.44. The summed E-state index contributed by atoms with van der Waals surface area (Å²) in [5.74, 6) is -0.175. The second-order valence-electron chi connectivity index (χ2n) is 21.5. The lowest BCUT2D eigenvalue weighted by Gasteiger charge is -2.40. The lowest BCUT2D eigenvalue weighted by atomic mass is 9.99. The summed E-state index contributed by atoms with van der Waals surface area (Å²) in [5, 5.41) is 54.6. The highest BCUT2D eigenvalue weighted by atomic mass is 16.7. The van der Waals surface area contributed by atoms with E-state index >= 15 is 0 Å². The van der Waals surface area contributed by atoms with E-state index in [9.17, 15) is 30.3 Å². The predicted molar refractivity (Wildman–Crippen MR) is 295 cm³/mol. The molecule has 414 valence electrons. The van der Waals surface area contributed by atoms with Crippen molar-refractivity contribution >= 4 is 5.91 Å². The number of carbonyl (C=O) groups is 1. The summed E-state index contributed by atoms with van der Waals surface area (Å²) >= 11 is 0. The van der Waals surface area contributed by atoms with Gasteiger partial charge in [-0.1, -0.05) is 276 Å². The number of carbonyl (C=O) groups excluding carboxylic acids is 1. The van der Waals surface area contributed by atoms with E-state index in [1.165, 1.54) is 244 Å². The van der Waals surface area contributed by atoms with Gasteiger partial charge in [0.25, 0.3) is 0 Å². The zero-order chi connectivity index (χ0) is 50.8. The fraction of sp³-hybridized carbons (Fsp3) is 0.918. The topological polar surface area (TPSA) is 149 Å². The molecule has 7 atom stereocenters. The molecule has 0 aromatic heterocycles. The fourth-order valence-corrected chi connectivity index (χ4v) is 9.92. The summed E-state index contributed by atoms with van der Waals surface area (Å²) in [7, 11) is 0. The third-order valence-electron chi connectivity index (χ3n) is 14.8. The van der Waals surface area contributed by atoms with Gasteiger partial charge >= 0.3 is 0 Å². The van der Waals surface area contributed by atoms with Gasteiger partial charge in [0.2, 0.25) is 5.91 Å². The first-order chi connectivity index (χ1) is 34.3. The molecule has 70 heavy (non-hydrogen) atoms. The predicted octanol–water partition coefficient (Wildman–Crippen LogP) is 15.4. The third kappa shape index (κ3) is 40.1.